The van der Waals surface area contributed by atoms with Gasteiger partial charge in [0.05, 0.1) is 43.0 Å². The van der Waals surface area contributed by atoms with Crippen LogP contribution in [0.5, 0.6) is 0 Å². The summed E-state index contributed by atoms with van der Waals surface area (Å²) in [6, 6.07) is 24.7. The fourth-order valence-corrected chi connectivity index (χ4v) is 7.13. The van der Waals surface area contributed by atoms with Gasteiger partial charge >= 0.3 is 12.1 Å². The highest BCUT2D eigenvalue weighted by Gasteiger charge is 2.37. The Kier molecular flexibility index (Phi) is 9.82. The van der Waals surface area contributed by atoms with Gasteiger partial charge in [0.1, 0.15) is 17.7 Å². The molecule has 4 heterocycles. The number of H-pyrrole nitrogens is 2. The SMILES string of the molecule is CCNC(=O)N1CCC[C@H]1c1ncc(-c2ccc(-c3ccc(-c4cnc([C@@H]5CCCN5C(=O)[C@H](NC(=O)OC)c5ccccc5)[nH]4)cc3)cc2)[nH]1. The molecule has 12 nitrogen and oxygen atoms in total. The van der Waals surface area contributed by atoms with Crippen LogP contribution in [0, 0.1) is 0 Å². The van der Waals surface area contributed by atoms with Crippen LogP contribution in [0.1, 0.15) is 67.9 Å². The molecular weight excluding hydrogens is 644 g/mol. The van der Waals surface area contributed by atoms with Crippen molar-refractivity contribution in [2.75, 3.05) is 26.7 Å². The van der Waals surface area contributed by atoms with E-state index in [1.165, 1.54) is 7.11 Å². The number of hydrogen-bond acceptors (Lipinski definition) is 6. The van der Waals surface area contributed by atoms with Crippen molar-refractivity contribution < 1.29 is 19.1 Å². The van der Waals surface area contributed by atoms with Crippen molar-refractivity contribution in [1.29, 1.82) is 0 Å². The van der Waals surface area contributed by atoms with Crippen LogP contribution < -0.4 is 10.6 Å². The summed E-state index contributed by atoms with van der Waals surface area (Å²) in [5.74, 6) is 1.33. The average Bonchev–Trinajstić information content (AvgIpc) is 4.01. The summed E-state index contributed by atoms with van der Waals surface area (Å²) in [4.78, 5) is 58.4. The topological polar surface area (TPSA) is 148 Å². The van der Waals surface area contributed by atoms with Crippen LogP contribution in [-0.2, 0) is 9.53 Å². The fraction of sp³-hybridized carbons (Fsp3) is 0.308. The largest absolute Gasteiger partial charge is 0.453 e. The Morgan fingerprint density at radius 3 is 1.80 bits per heavy atom. The van der Waals surface area contributed by atoms with Crippen LogP contribution in [0.2, 0.25) is 0 Å². The first-order valence-electron chi connectivity index (χ1n) is 17.5. The smallest absolute Gasteiger partial charge is 0.407 e. The second-order valence-electron chi connectivity index (χ2n) is 12.9. The monoisotopic (exact) mass is 686 g/mol. The van der Waals surface area contributed by atoms with Crippen molar-refractivity contribution >= 4 is 18.0 Å². The summed E-state index contributed by atoms with van der Waals surface area (Å²) in [6.07, 6.45) is 6.43. The summed E-state index contributed by atoms with van der Waals surface area (Å²) in [5.41, 5.74) is 6.65. The molecule has 2 saturated heterocycles. The van der Waals surface area contributed by atoms with Gasteiger partial charge in [0.25, 0.3) is 5.91 Å². The van der Waals surface area contributed by atoms with Gasteiger partial charge in [-0.2, -0.15) is 0 Å². The molecule has 2 aliphatic heterocycles. The Morgan fingerprint density at radius 1 is 0.765 bits per heavy atom. The van der Waals surface area contributed by atoms with E-state index in [0.29, 0.717) is 24.5 Å². The first-order valence-corrected chi connectivity index (χ1v) is 17.5. The third-order valence-corrected chi connectivity index (χ3v) is 9.75. The number of rotatable bonds is 9. The number of aromatic nitrogens is 4. The Labute approximate surface area is 296 Å². The standard InChI is InChI=1S/C39H42N8O4/c1-3-40-38(49)47-22-8-12-33(47)36-42-24-31(44-36)28-19-15-26(16-20-28)25-13-17-27(18-14-25)30-23-41-35(43-30)32-11-7-21-46(32)37(48)34(45-39(50)51-2)29-9-5-4-6-10-29/h4-6,9-10,13-20,23-24,32-34H,3,7-8,11-12,21-22H2,1-2H3,(H,40,49)(H,41,43)(H,42,44)(H,45,50)/t32-,33-,34+/m0/s1. The highest BCUT2D eigenvalue weighted by Crippen LogP contribution is 2.35. The fourth-order valence-electron chi connectivity index (χ4n) is 7.13. The van der Waals surface area contributed by atoms with Crippen molar-refractivity contribution in [3.63, 3.8) is 0 Å². The van der Waals surface area contributed by atoms with E-state index >= 15 is 0 Å². The lowest BCUT2D eigenvalue weighted by atomic mass is 10.0. The molecule has 3 aromatic carbocycles. The molecule has 0 spiro atoms. The van der Waals surface area contributed by atoms with Crippen molar-refractivity contribution in [3.05, 3.63) is 108 Å². The molecule has 12 heteroatoms. The Bertz CT molecular complexity index is 1970. The van der Waals surface area contributed by atoms with E-state index in [1.807, 2.05) is 48.4 Å². The summed E-state index contributed by atoms with van der Waals surface area (Å²) in [7, 11) is 1.29. The lowest BCUT2D eigenvalue weighted by Crippen LogP contribution is -2.42. The Hall–Kier alpha value is -5.91. The summed E-state index contributed by atoms with van der Waals surface area (Å²) >= 11 is 0. The zero-order valence-electron chi connectivity index (χ0n) is 28.8. The Balaban J connectivity index is 1.02. The van der Waals surface area contributed by atoms with E-state index in [-0.39, 0.29) is 24.0 Å². The molecule has 0 radical (unpaired) electrons. The molecule has 262 valence electrons. The molecular formula is C39H42N8O4. The Morgan fingerprint density at radius 2 is 1.27 bits per heavy atom. The zero-order chi connectivity index (χ0) is 35.3. The number of methoxy groups -OCH3 is 1. The summed E-state index contributed by atoms with van der Waals surface area (Å²) in [5, 5.41) is 5.62. The van der Waals surface area contributed by atoms with Crippen molar-refractivity contribution in [1.82, 2.24) is 40.4 Å². The lowest BCUT2D eigenvalue weighted by Gasteiger charge is -2.28. The molecule has 2 aromatic heterocycles. The van der Waals surface area contributed by atoms with Crippen LogP contribution in [-0.4, -0.2) is 74.5 Å². The number of imidazole rings is 2. The van der Waals surface area contributed by atoms with E-state index in [1.54, 1.807) is 11.1 Å². The quantitative estimate of drug-likeness (QED) is 0.135. The highest BCUT2D eigenvalue weighted by molar-refractivity contribution is 5.87. The normalized spacial score (nSPS) is 17.7. The average molecular weight is 687 g/mol. The number of hydrogen-bond donors (Lipinski definition) is 4. The maximum absolute atomic E-state index is 13.8. The van der Waals surface area contributed by atoms with Crippen LogP contribution in [0.4, 0.5) is 9.59 Å². The third-order valence-electron chi connectivity index (χ3n) is 9.75. The van der Waals surface area contributed by atoms with Crippen LogP contribution in [0.15, 0.2) is 91.3 Å². The molecule has 0 bridgehead atoms. The lowest BCUT2D eigenvalue weighted by molar-refractivity contribution is -0.134. The van der Waals surface area contributed by atoms with E-state index in [2.05, 4.69) is 74.1 Å². The number of carbonyl (C=O) groups excluding carboxylic acids is 3. The highest BCUT2D eigenvalue weighted by atomic mass is 16.5. The maximum atomic E-state index is 13.8. The number of nitrogens with zero attached hydrogens (tertiary/aromatic N) is 4. The number of aromatic amines is 2. The van der Waals surface area contributed by atoms with Crippen LogP contribution >= 0.6 is 0 Å². The van der Waals surface area contributed by atoms with E-state index in [0.717, 1.165) is 71.7 Å². The van der Waals surface area contributed by atoms with Gasteiger partial charge in [-0.3, -0.25) is 4.79 Å². The van der Waals surface area contributed by atoms with Gasteiger partial charge in [0.2, 0.25) is 0 Å². The van der Waals surface area contributed by atoms with Crippen LogP contribution in [0.25, 0.3) is 33.6 Å². The zero-order valence-corrected chi connectivity index (χ0v) is 28.8. The van der Waals surface area contributed by atoms with Gasteiger partial charge in [-0.15, -0.1) is 0 Å². The number of alkyl carbamates (subject to hydrolysis) is 1. The van der Waals surface area contributed by atoms with E-state index < -0.39 is 12.1 Å². The molecule has 51 heavy (non-hydrogen) atoms. The molecule has 4 N–H and O–H groups in total. The molecule has 0 saturated carbocycles. The molecule has 2 aliphatic rings. The van der Waals surface area contributed by atoms with Gasteiger partial charge < -0.3 is 35.1 Å². The molecule has 0 aliphatic carbocycles. The predicted octanol–water partition coefficient (Wildman–Crippen LogP) is 6.76. The molecule has 7 rings (SSSR count). The molecule has 5 aromatic rings. The number of carbonyl (C=O) groups is 3. The van der Waals surface area contributed by atoms with E-state index in [9.17, 15) is 14.4 Å². The van der Waals surface area contributed by atoms with Gasteiger partial charge in [-0.25, -0.2) is 19.6 Å². The van der Waals surface area contributed by atoms with Gasteiger partial charge in [-0.1, -0.05) is 78.9 Å². The van der Waals surface area contributed by atoms with Gasteiger partial charge in [-0.05, 0) is 60.4 Å². The molecule has 2 fully saturated rings. The third kappa shape index (κ3) is 7.07. The second kappa shape index (κ2) is 14.9. The van der Waals surface area contributed by atoms with Crippen molar-refractivity contribution in [2.24, 2.45) is 0 Å². The summed E-state index contributed by atoms with van der Waals surface area (Å²) < 4.78 is 4.82. The van der Waals surface area contributed by atoms with Crippen molar-refractivity contribution in [2.45, 2.75) is 50.7 Å². The predicted molar refractivity (Wildman–Crippen MR) is 193 cm³/mol. The number of amides is 4. The first-order chi connectivity index (χ1) is 24.9. The van der Waals surface area contributed by atoms with Gasteiger partial charge in [0.15, 0.2) is 0 Å². The molecule has 0 unspecified atom stereocenters. The number of nitrogens with one attached hydrogen (secondary N) is 4. The maximum Gasteiger partial charge on any atom is 0.407 e. The molecule has 3 atom stereocenters. The van der Waals surface area contributed by atoms with E-state index in [4.69, 9.17) is 9.72 Å². The minimum Gasteiger partial charge on any atom is -0.453 e. The number of likely N-dealkylation sites (tertiary alicyclic amines) is 2. The summed E-state index contributed by atoms with van der Waals surface area (Å²) in [6.45, 7) is 3.82. The first kappa shape index (κ1) is 33.6. The number of urea groups is 1. The number of benzene rings is 3. The minimum absolute atomic E-state index is 0.0442. The van der Waals surface area contributed by atoms with Gasteiger partial charge in [0, 0.05) is 19.6 Å². The minimum atomic E-state index is -0.866. The van der Waals surface area contributed by atoms with Crippen molar-refractivity contribution in [3.8, 4) is 33.6 Å². The second-order valence-corrected chi connectivity index (χ2v) is 12.9. The number of ether oxygens (including phenoxy) is 1. The molecule has 4 amide bonds. The van der Waals surface area contributed by atoms with Crippen LogP contribution in [0.3, 0.4) is 0 Å².